The van der Waals surface area contributed by atoms with Crippen molar-refractivity contribution in [3.63, 3.8) is 0 Å². The van der Waals surface area contributed by atoms with E-state index < -0.39 is 0 Å². The van der Waals surface area contributed by atoms with Gasteiger partial charge in [-0.1, -0.05) is 12.1 Å². The summed E-state index contributed by atoms with van der Waals surface area (Å²) in [5.41, 5.74) is 1.62. The van der Waals surface area contributed by atoms with E-state index >= 15 is 0 Å². The molecule has 0 saturated carbocycles. The van der Waals surface area contributed by atoms with E-state index in [1.807, 2.05) is 49.6 Å². The molecule has 0 aliphatic heterocycles. The molecule has 2 rings (SSSR count). The van der Waals surface area contributed by atoms with Crippen molar-refractivity contribution in [1.82, 2.24) is 0 Å². The molecule has 92 valence electrons. The van der Waals surface area contributed by atoms with Crippen LogP contribution >= 0.6 is 11.8 Å². The third kappa shape index (κ3) is 2.74. The van der Waals surface area contributed by atoms with Crippen LogP contribution in [-0.2, 0) is 0 Å². The zero-order valence-corrected chi connectivity index (χ0v) is 11.2. The second-order valence-corrected chi connectivity index (χ2v) is 4.74. The standard InChI is InChI=1S/C15H14O2S/c1-11-9-12(10-16)7-8-13(11)17-14-5-3-4-6-15(14)18-2/h3-10H,1-2H3. The minimum absolute atomic E-state index is 0.665. The maximum Gasteiger partial charge on any atom is 0.150 e. The highest BCUT2D eigenvalue weighted by Gasteiger charge is 2.06. The minimum Gasteiger partial charge on any atom is -0.456 e. The van der Waals surface area contributed by atoms with Crippen LogP contribution in [0.4, 0.5) is 0 Å². The average Bonchev–Trinajstić information content (AvgIpc) is 2.41. The highest BCUT2D eigenvalue weighted by atomic mass is 32.2. The van der Waals surface area contributed by atoms with Crippen molar-refractivity contribution in [3.05, 3.63) is 53.6 Å². The van der Waals surface area contributed by atoms with Crippen LogP contribution in [-0.4, -0.2) is 12.5 Å². The molecule has 0 aliphatic carbocycles. The fourth-order valence-corrected chi connectivity index (χ4v) is 2.21. The van der Waals surface area contributed by atoms with E-state index in [-0.39, 0.29) is 0 Å². The number of hydrogen-bond donors (Lipinski definition) is 0. The fraction of sp³-hybridized carbons (Fsp3) is 0.133. The van der Waals surface area contributed by atoms with Crippen LogP contribution in [0.15, 0.2) is 47.4 Å². The molecule has 0 bridgehead atoms. The Balaban J connectivity index is 2.31. The zero-order valence-electron chi connectivity index (χ0n) is 10.3. The third-order valence-electron chi connectivity index (χ3n) is 2.62. The summed E-state index contributed by atoms with van der Waals surface area (Å²) in [5.74, 6) is 1.62. The number of aldehydes is 1. The Kier molecular flexibility index (Phi) is 4.05. The predicted molar refractivity (Wildman–Crippen MR) is 74.9 cm³/mol. The lowest BCUT2D eigenvalue weighted by Gasteiger charge is -2.11. The first-order chi connectivity index (χ1) is 8.74. The molecule has 18 heavy (non-hydrogen) atoms. The molecular formula is C15H14O2S. The third-order valence-corrected chi connectivity index (χ3v) is 3.40. The van der Waals surface area contributed by atoms with Crippen LogP contribution in [0.1, 0.15) is 15.9 Å². The quantitative estimate of drug-likeness (QED) is 0.603. The van der Waals surface area contributed by atoms with Gasteiger partial charge >= 0.3 is 0 Å². The van der Waals surface area contributed by atoms with E-state index in [0.29, 0.717) is 5.56 Å². The van der Waals surface area contributed by atoms with Gasteiger partial charge in [-0.15, -0.1) is 11.8 Å². The van der Waals surface area contributed by atoms with Gasteiger partial charge in [-0.2, -0.15) is 0 Å². The molecule has 0 aliphatic rings. The van der Waals surface area contributed by atoms with Crippen molar-refractivity contribution >= 4 is 18.0 Å². The number of aryl methyl sites for hydroxylation is 1. The smallest absolute Gasteiger partial charge is 0.150 e. The molecule has 0 aromatic heterocycles. The Morgan fingerprint density at radius 3 is 2.56 bits per heavy atom. The summed E-state index contributed by atoms with van der Waals surface area (Å²) in [6.45, 7) is 1.93. The number of thioether (sulfide) groups is 1. The molecular weight excluding hydrogens is 244 g/mol. The molecule has 0 fully saturated rings. The lowest BCUT2D eigenvalue weighted by molar-refractivity contribution is 0.112. The van der Waals surface area contributed by atoms with Gasteiger partial charge in [-0.05, 0) is 49.1 Å². The first-order valence-corrected chi connectivity index (χ1v) is 6.84. The molecule has 0 unspecified atom stereocenters. The molecule has 0 heterocycles. The maximum absolute atomic E-state index is 10.7. The number of para-hydroxylation sites is 1. The number of hydrogen-bond acceptors (Lipinski definition) is 3. The number of carbonyl (C=O) groups excluding carboxylic acids is 1. The monoisotopic (exact) mass is 258 g/mol. The van der Waals surface area contributed by atoms with Crippen LogP contribution in [0.25, 0.3) is 0 Å². The van der Waals surface area contributed by atoms with Gasteiger partial charge in [-0.3, -0.25) is 4.79 Å². The first-order valence-electron chi connectivity index (χ1n) is 5.61. The van der Waals surface area contributed by atoms with Gasteiger partial charge in [0, 0.05) is 10.5 Å². The minimum atomic E-state index is 0.665. The first kappa shape index (κ1) is 12.7. The molecule has 0 spiro atoms. The van der Waals surface area contributed by atoms with Gasteiger partial charge in [0.2, 0.25) is 0 Å². The number of benzene rings is 2. The lowest BCUT2D eigenvalue weighted by atomic mass is 10.1. The van der Waals surface area contributed by atoms with E-state index in [2.05, 4.69) is 0 Å². The van der Waals surface area contributed by atoms with E-state index in [0.717, 1.165) is 28.2 Å². The van der Waals surface area contributed by atoms with Crippen molar-refractivity contribution in [2.45, 2.75) is 11.8 Å². The average molecular weight is 258 g/mol. The van der Waals surface area contributed by atoms with Gasteiger partial charge in [0.25, 0.3) is 0 Å². The van der Waals surface area contributed by atoms with Crippen molar-refractivity contribution in [3.8, 4) is 11.5 Å². The number of rotatable bonds is 4. The summed E-state index contributed by atoms with van der Waals surface area (Å²) >= 11 is 1.65. The van der Waals surface area contributed by atoms with Crippen LogP contribution in [0.5, 0.6) is 11.5 Å². The summed E-state index contributed by atoms with van der Waals surface area (Å²) in [7, 11) is 0. The lowest BCUT2D eigenvalue weighted by Crippen LogP contribution is -1.91. The Bertz CT molecular complexity index is 564. The zero-order chi connectivity index (χ0) is 13.0. The van der Waals surface area contributed by atoms with Gasteiger partial charge < -0.3 is 4.74 Å². The number of carbonyl (C=O) groups is 1. The summed E-state index contributed by atoms with van der Waals surface area (Å²) in [6, 6.07) is 13.3. The molecule has 0 N–H and O–H groups in total. The van der Waals surface area contributed by atoms with Crippen LogP contribution in [0, 0.1) is 6.92 Å². The largest absolute Gasteiger partial charge is 0.456 e. The normalized spacial score (nSPS) is 10.1. The Morgan fingerprint density at radius 2 is 1.89 bits per heavy atom. The van der Waals surface area contributed by atoms with Crippen LogP contribution < -0.4 is 4.74 Å². The molecule has 0 amide bonds. The molecule has 0 radical (unpaired) electrons. The van der Waals surface area contributed by atoms with Crippen molar-refractivity contribution < 1.29 is 9.53 Å². The van der Waals surface area contributed by atoms with Crippen LogP contribution in [0.2, 0.25) is 0 Å². The molecule has 0 saturated heterocycles. The summed E-state index contributed by atoms with van der Waals surface area (Å²) < 4.78 is 5.89. The van der Waals surface area contributed by atoms with E-state index in [9.17, 15) is 4.79 Å². The Labute approximate surface area is 111 Å². The second-order valence-electron chi connectivity index (χ2n) is 3.90. The fourth-order valence-electron chi connectivity index (χ4n) is 1.68. The van der Waals surface area contributed by atoms with Gasteiger partial charge in [0.1, 0.15) is 17.8 Å². The van der Waals surface area contributed by atoms with E-state index in [1.54, 1.807) is 17.8 Å². The van der Waals surface area contributed by atoms with Gasteiger partial charge in [0.15, 0.2) is 0 Å². The summed E-state index contributed by atoms with van der Waals surface area (Å²) in [4.78, 5) is 11.8. The molecule has 3 heteroatoms. The van der Waals surface area contributed by atoms with Gasteiger partial charge in [-0.25, -0.2) is 0 Å². The molecule has 0 atom stereocenters. The number of ether oxygens (including phenoxy) is 1. The van der Waals surface area contributed by atoms with E-state index in [1.165, 1.54) is 0 Å². The highest BCUT2D eigenvalue weighted by molar-refractivity contribution is 7.98. The topological polar surface area (TPSA) is 26.3 Å². The molecule has 2 aromatic carbocycles. The Hall–Kier alpha value is -1.74. The van der Waals surface area contributed by atoms with Gasteiger partial charge in [0.05, 0.1) is 0 Å². The SMILES string of the molecule is CSc1ccccc1Oc1ccc(C=O)cc1C. The summed E-state index contributed by atoms with van der Waals surface area (Å²) in [6.07, 6.45) is 2.86. The van der Waals surface area contributed by atoms with Crippen molar-refractivity contribution in [1.29, 1.82) is 0 Å². The van der Waals surface area contributed by atoms with Crippen LogP contribution in [0.3, 0.4) is 0 Å². The maximum atomic E-state index is 10.7. The van der Waals surface area contributed by atoms with Crippen molar-refractivity contribution in [2.75, 3.05) is 6.26 Å². The molecule has 2 nitrogen and oxygen atoms in total. The van der Waals surface area contributed by atoms with Crippen molar-refractivity contribution in [2.24, 2.45) is 0 Å². The van der Waals surface area contributed by atoms with E-state index in [4.69, 9.17) is 4.74 Å². The predicted octanol–water partition coefficient (Wildman–Crippen LogP) is 4.32. The highest BCUT2D eigenvalue weighted by Crippen LogP contribution is 2.32. The second kappa shape index (κ2) is 5.74. The molecule has 2 aromatic rings. The summed E-state index contributed by atoms with van der Waals surface area (Å²) in [5, 5.41) is 0. The Morgan fingerprint density at radius 1 is 1.11 bits per heavy atom.